The van der Waals surface area contributed by atoms with Gasteiger partial charge in [0.15, 0.2) is 11.9 Å². The van der Waals surface area contributed by atoms with E-state index >= 15 is 9.59 Å². The number of ketones is 1. The van der Waals surface area contributed by atoms with Crippen LogP contribution in [0.4, 0.5) is 0 Å². The SMILES string of the molecule is CC(=O)O[C@H]1C(=O)[C@@]2(C)[C@H]([C@H](OC(=O)c3ccccc3)[C@]3(O)C[C@H](OC(=O)C(OC(=O)CCC(=O)O)[C@@H](NC(=O)c4ccccc4)c4ccccc4)C(C)=C1C3(C)C)[C@]1(OC(C)=O)CC[C@@H]1C[C@@H]2O. The molecule has 0 spiro atoms. The highest BCUT2D eigenvalue weighted by Gasteiger charge is 2.77. The number of carbonyl (C=O) groups excluding carboxylic acids is 7. The van der Waals surface area contributed by atoms with Crippen LogP contribution in [0.1, 0.15) is 112 Å². The zero-order chi connectivity index (χ0) is 50.2. The van der Waals surface area contributed by atoms with Crippen LogP contribution in [-0.4, -0.2) is 105 Å². The lowest BCUT2D eigenvalue weighted by molar-refractivity contribution is -0.296. The average molecular weight is 952 g/mol. The second-order valence-corrected chi connectivity index (χ2v) is 19.1. The zero-order valence-corrected chi connectivity index (χ0v) is 39.2. The van der Waals surface area contributed by atoms with Gasteiger partial charge in [0.1, 0.15) is 29.5 Å². The number of aliphatic carboxylic acids is 1. The maximum atomic E-state index is 15.7. The van der Waals surface area contributed by atoms with Crippen LogP contribution < -0.4 is 5.32 Å². The van der Waals surface area contributed by atoms with Gasteiger partial charge in [-0.25, -0.2) is 9.59 Å². The Morgan fingerprint density at radius 2 is 1.39 bits per heavy atom. The first-order valence-corrected chi connectivity index (χ1v) is 22.9. The van der Waals surface area contributed by atoms with Crippen LogP contribution in [0, 0.1) is 22.7 Å². The standard InChI is InChI=1S/C52H57NO16/c1-28-35(66-48(63)42(67-38(59)23-22-37(57)58)40(31-16-10-7-11-17-31)53-46(61)32-18-12-8-13-19-32)27-52(64)45(68-47(62)33-20-14-9-15-21-33)43-50(6,36(56)26-34-24-25-51(34,43)69-30(3)55)44(60)41(65-29(2)54)39(28)49(52,4)5/h7-21,34-36,40-43,45,56,64H,22-27H2,1-6H3,(H,53,61)(H,57,58)/t34-,35+,36+,40+,41-,42?,43+,45+,50-,51+,52-/m1/s1. The van der Waals surface area contributed by atoms with E-state index in [0.29, 0.717) is 6.42 Å². The Balaban J connectivity index is 1.42. The highest BCUT2D eigenvalue weighted by molar-refractivity contribution is 5.96. The van der Waals surface area contributed by atoms with Gasteiger partial charge >= 0.3 is 35.8 Å². The Kier molecular flexibility index (Phi) is 14.1. The summed E-state index contributed by atoms with van der Waals surface area (Å²) in [4.78, 5) is 110. The first kappa shape index (κ1) is 50.2. The first-order chi connectivity index (χ1) is 32.6. The van der Waals surface area contributed by atoms with Crippen molar-refractivity contribution < 1.29 is 77.4 Å². The molecule has 4 aliphatic carbocycles. The number of aliphatic hydroxyl groups is 2. The van der Waals surface area contributed by atoms with Crippen molar-refractivity contribution in [2.75, 3.05) is 0 Å². The summed E-state index contributed by atoms with van der Waals surface area (Å²) >= 11 is 0. The quantitative estimate of drug-likeness (QED) is 0.0924. The van der Waals surface area contributed by atoms with E-state index in [0.717, 1.165) is 6.92 Å². The first-order valence-electron chi connectivity index (χ1n) is 22.9. The molecule has 0 radical (unpaired) electrons. The Bertz CT molecular complexity index is 2540. The molecule has 69 heavy (non-hydrogen) atoms. The molecule has 1 amide bonds. The number of aliphatic hydroxyl groups excluding tert-OH is 1. The third-order valence-corrected chi connectivity index (χ3v) is 14.8. The molecule has 2 bridgehead atoms. The fraction of sp³-hybridized carbons (Fsp3) is 0.462. The molecule has 0 aromatic heterocycles. The van der Waals surface area contributed by atoms with Gasteiger partial charge in [-0.2, -0.15) is 0 Å². The minimum atomic E-state index is -2.44. The number of esters is 5. The van der Waals surface area contributed by atoms with Crippen LogP contribution in [0.5, 0.6) is 0 Å². The van der Waals surface area contributed by atoms with Crippen molar-refractivity contribution in [2.24, 2.45) is 22.7 Å². The molecular weight excluding hydrogens is 895 g/mol. The van der Waals surface area contributed by atoms with Gasteiger partial charge in [0.2, 0.25) is 6.10 Å². The van der Waals surface area contributed by atoms with Crippen LogP contribution in [-0.2, 0) is 52.5 Å². The number of Topliss-reactive ketones (excluding diaryl/α,β-unsaturated/α-hetero) is 1. The molecule has 0 aliphatic heterocycles. The number of nitrogens with one attached hydrogen (secondary N) is 1. The van der Waals surface area contributed by atoms with Crippen LogP contribution in [0.15, 0.2) is 102 Å². The molecule has 4 N–H and O–H groups in total. The molecule has 4 aliphatic rings. The van der Waals surface area contributed by atoms with Crippen molar-refractivity contribution in [1.82, 2.24) is 5.32 Å². The van der Waals surface area contributed by atoms with Crippen molar-refractivity contribution in [3.63, 3.8) is 0 Å². The van der Waals surface area contributed by atoms with Crippen LogP contribution in [0.2, 0.25) is 0 Å². The minimum absolute atomic E-state index is 0.0335. The predicted molar refractivity (Wildman–Crippen MR) is 241 cm³/mol. The average Bonchev–Trinajstić information content (AvgIpc) is 3.30. The Morgan fingerprint density at radius 1 is 0.797 bits per heavy atom. The van der Waals surface area contributed by atoms with Gasteiger partial charge in [-0.05, 0) is 74.1 Å². The largest absolute Gasteiger partial charge is 0.481 e. The summed E-state index contributed by atoms with van der Waals surface area (Å²) in [5, 5.41) is 38.3. The molecule has 0 heterocycles. The highest BCUT2D eigenvalue weighted by Crippen LogP contribution is 2.67. The van der Waals surface area contributed by atoms with E-state index in [4.69, 9.17) is 23.7 Å². The number of amides is 1. The molecule has 7 rings (SSSR count). The number of carboxylic acid groups (broad SMARTS) is 1. The summed E-state index contributed by atoms with van der Waals surface area (Å²) in [6, 6.07) is 22.3. The second-order valence-electron chi connectivity index (χ2n) is 19.1. The molecule has 3 fully saturated rings. The van der Waals surface area contributed by atoms with Gasteiger partial charge in [0, 0.05) is 37.2 Å². The normalized spacial score (nSPS) is 29.7. The van der Waals surface area contributed by atoms with Crippen molar-refractivity contribution in [3.05, 3.63) is 119 Å². The Hall–Kier alpha value is -6.72. The van der Waals surface area contributed by atoms with Gasteiger partial charge < -0.3 is 44.3 Å². The molecule has 11 atom stereocenters. The van der Waals surface area contributed by atoms with E-state index in [9.17, 15) is 44.1 Å². The summed E-state index contributed by atoms with van der Waals surface area (Å²) in [7, 11) is 0. The maximum absolute atomic E-state index is 15.7. The zero-order valence-electron chi connectivity index (χ0n) is 39.2. The van der Waals surface area contributed by atoms with E-state index < -0.39 is 137 Å². The second kappa shape index (κ2) is 19.3. The van der Waals surface area contributed by atoms with Crippen LogP contribution >= 0.6 is 0 Å². The Morgan fingerprint density at radius 3 is 1.94 bits per heavy atom. The monoisotopic (exact) mass is 951 g/mol. The van der Waals surface area contributed by atoms with Gasteiger partial charge in [0.25, 0.3) is 5.91 Å². The van der Waals surface area contributed by atoms with E-state index in [-0.39, 0.29) is 40.7 Å². The number of fused-ring (bicyclic) bond motifs is 5. The molecule has 0 saturated heterocycles. The fourth-order valence-electron chi connectivity index (χ4n) is 11.2. The minimum Gasteiger partial charge on any atom is -0.481 e. The van der Waals surface area contributed by atoms with Gasteiger partial charge in [-0.1, -0.05) is 80.6 Å². The molecule has 1 unspecified atom stereocenters. The third kappa shape index (κ3) is 9.17. The number of ether oxygens (including phenoxy) is 5. The van der Waals surface area contributed by atoms with E-state index in [1.54, 1.807) is 80.6 Å². The van der Waals surface area contributed by atoms with Crippen molar-refractivity contribution in [2.45, 2.75) is 128 Å². The highest BCUT2D eigenvalue weighted by atomic mass is 16.6. The summed E-state index contributed by atoms with van der Waals surface area (Å²) in [5.41, 5.74) is -7.26. The van der Waals surface area contributed by atoms with Crippen LogP contribution in [0.25, 0.3) is 0 Å². The number of carbonyl (C=O) groups is 8. The number of hydrogen-bond acceptors (Lipinski definition) is 15. The summed E-state index contributed by atoms with van der Waals surface area (Å²) in [6.45, 7) is 8.26. The van der Waals surface area contributed by atoms with E-state index in [1.807, 2.05) is 0 Å². The van der Waals surface area contributed by atoms with E-state index in [1.165, 1.54) is 45.0 Å². The van der Waals surface area contributed by atoms with E-state index in [2.05, 4.69) is 5.32 Å². The van der Waals surface area contributed by atoms with Gasteiger partial charge in [-0.3, -0.25) is 28.8 Å². The van der Waals surface area contributed by atoms with Crippen molar-refractivity contribution in [3.8, 4) is 0 Å². The molecule has 366 valence electrons. The molecular formula is C52H57NO16. The fourth-order valence-corrected chi connectivity index (χ4v) is 11.2. The van der Waals surface area contributed by atoms with Gasteiger partial charge in [0.05, 0.1) is 35.8 Å². The van der Waals surface area contributed by atoms with Crippen molar-refractivity contribution in [1.29, 1.82) is 0 Å². The number of carboxylic acids is 1. The third-order valence-electron chi connectivity index (χ3n) is 14.8. The number of benzene rings is 3. The predicted octanol–water partition coefficient (Wildman–Crippen LogP) is 5.16. The molecule has 17 nitrogen and oxygen atoms in total. The molecule has 3 aromatic carbocycles. The van der Waals surface area contributed by atoms with Crippen molar-refractivity contribution >= 4 is 47.5 Å². The summed E-state index contributed by atoms with van der Waals surface area (Å²) in [5.74, 6) is -9.98. The topological polar surface area (TPSA) is 255 Å². The van der Waals surface area contributed by atoms with Gasteiger partial charge in [-0.15, -0.1) is 0 Å². The summed E-state index contributed by atoms with van der Waals surface area (Å²) < 4.78 is 30.7. The molecule has 17 heteroatoms. The smallest absolute Gasteiger partial charge is 0.350 e. The Labute approximate surface area is 398 Å². The summed E-state index contributed by atoms with van der Waals surface area (Å²) in [6.07, 6.45) is -10.2. The molecule has 3 aromatic rings. The maximum Gasteiger partial charge on any atom is 0.350 e. The lowest BCUT2D eigenvalue weighted by Gasteiger charge is -2.68. The van der Waals surface area contributed by atoms with Crippen LogP contribution in [0.3, 0.4) is 0 Å². The lowest BCUT2D eigenvalue weighted by atomic mass is 9.41. The number of rotatable bonds is 14. The molecule has 3 saturated carbocycles. The lowest BCUT2D eigenvalue weighted by Crippen LogP contribution is -2.78. The number of hydrogen-bond donors (Lipinski definition) is 4.